The molecule has 2 rings (SSSR count). The quantitative estimate of drug-likeness (QED) is 0.822. The predicted molar refractivity (Wildman–Crippen MR) is 73.0 cm³/mol. The number of aromatic nitrogens is 2. The van der Waals surface area contributed by atoms with Crippen LogP contribution in [0.25, 0.3) is 0 Å². The maximum atomic E-state index is 5.65. The van der Waals surface area contributed by atoms with Gasteiger partial charge in [-0.1, -0.05) is 25.4 Å². The third-order valence-corrected chi connectivity index (χ3v) is 3.89. The van der Waals surface area contributed by atoms with Crippen LogP contribution in [-0.2, 0) is 10.2 Å². The Balaban J connectivity index is 2.18. The Hall–Kier alpha value is -0.940. The second-order valence-corrected chi connectivity index (χ2v) is 5.27. The van der Waals surface area contributed by atoms with Crippen molar-refractivity contribution in [1.82, 2.24) is 15.5 Å². The van der Waals surface area contributed by atoms with E-state index in [-0.39, 0.29) is 11.5 Å². The number of nitrogens with one attached hydrogen (secondary N) is 1. The molecule has 0 amide bonds. The molecule has 0 radical (unpaired) electrons. The Morgan fingerprint density at radius 1 is 1.42 bits per heavy atom. The van der Waals surface area contributed by atoms with E-state index in [1.165, 1.54) is 0 Å². The molecule has 1 aliphatic heterocycles. The van der Waals surface area contributed by atoms with Crippen LogP contribution in [0, 0.1) is 0 Å². The minimum atomic E-state index is -0.0458. The van der Waals surface area contributed by atoms with E-state index in [4.69, 9.17) is 9.26 Å². The maximum absolute atomic E-state index is 5.65. The highest BCUT2D eigenvalue weighted by atomic mass is 16.5. The molecule has 0 aliphatic carbocycles. The second-order valence-electron chi connectivity index (χ2n) is 5.27. The zero-order valence-electron chi connectivity index (χ0n) is 12.2. The largest absolute Gasteiger partial charge is 0.370 e. The molecule has 1 aromatic heterocycles. The van der Waals surface area contributed by atoms with Gasteiger partial charge in [-0.05, 0) is 32.7 Å². The average Bonchev–Trinajstić information content (AvgIpc) is 3.05. The first-order valence-electron chi connectivity index (χ1n) is 7.42. The minimum Gasteiger partial charge on any atom is -0.370 e. The van der Waals surface area contributed by atoms with Crippen molar-refractivity contribution in [2.45, 2.75) is 58.0 Å². The van der Waals surface area contributed by atoms with Crippen LogP contribution >= 0.6 is 0 Å². The monoisotopic (exact) mass is 267 g/mol. The summed E-state index contributed by atoms with van der Waals surface area (Å²) in [4.78, 5) is 4.63. The van der Waals surface area contributed by atoms with Crippen LogP contribution in [-0.4, -0.2) is 29.8 Å². The summed E-state index contributed by atoms with van der Waals surface area (Å²) in [5.74, 6) is 1.48. The molecule has 5 heteroatoms. The zero-order valence-corrected chi connectivity index (χ0v) is 12.2. The van der Waals surface area contributed by atoms with Gasteiger partial charge in [0.15, 0.2) is 0 Å². The third kappa shape index (κ3) is 2.98. The SMILES string of the molecule is CCCC1(c2nc(C(CC)OCC)no2)CCNC1. The molecule has 1 aliphatic rings. The molecule has 1 aromatic rings. The molecule has 0 aromatic carbocycles. The average molecular weight is 267 g/mol. The molecule has 2 heterocycles. The van der Waals surface area contributed by atoms with Crippen LogP contribution < -0.4 is 5.32 Å². The molecule has 19 heavy (non-hydrogen) atoms. The van der Waals surface area contributed by atoms with Crippen molar-refractivity contribution in [2.75, 3.05) is 19.7 Å². The third-order valence-electron chi connectivity index (χ3n) is 3.89. The minimum absolute atomic E-state index is 0.0322. The first-order chi connectivity index (χ1) is 9.25. The van der Waals surface area contributed by atoms with Gasteiger partial charge in [0.25, 0.3) is 0 Å². The number of hydrogen-bond acceptors (Lipinski definition) is 5. The summed E-state index contributed by atoms with van der Waals surface area (Å²) in [5, 5.41) is 7.55. The summed E-state index contributed by atoms with van der Waals surface area (Å²) in [6.45, 7) is 8.91. The summed E-state index contributed by atoms with van der Waals surface area (Å²) >= 11 is 0. The van der Waals surface area contributed by atoms with Crippen molar-refractivity contribution in [3.05, 3.63) is 11.7 Å². The van der Waals surface area contributed by atoms with Gasteiger partial charge in [0.1, 0.15) is 6.10 Å². The normalized spacial score (nSPS) is 24.8. The van der Waals surface area contributed by atoms with Gasteiger partial charge in [0.2, 0.25) is 11.7 Å². The Bertz CT molecular complexity index is 386. The summed E-state index contributed by atoms with van der Waals surface area (Å²) in [5.41, 5.74) is 0.0322. The van der Waals surface area contributed by atoms with E-state index < -0.39 is 0 Å². The van der Waals surface area contributed by atoms with Crippen molar-refractivity contribution in [3.63, 3.8) is 0 Å². The fraction of sp³-hybridized carbons (Fsp3) is 0.857. The second kappa shape index (κ2) is 6.48. The molecule has 108 valence electrons. The zero-order chi connectivity index (χ0) is 13.7. The smallest absolute Gasteiger partial charge is 0.234 e. The standard InChI is InChI=1S/C14H25N3O2/c1-4-7-14(8-9-15-10-14)13-16-12(17-19-13)11(5-2)18-6-3/h11,15H,4-10H2,1-3H3. The van der Waals surface area contributed by atoms with Gasteiger partial charge < -0.3 is 14.6 Å². The molecular weight excluding hydrogens is 242 g/mol. The van der Waals surface area contributed by atoms with Crippen LogP contribution in [0.1, 0.15) is 64.3 Å². The van der Waals surface area contributed by atoms with Crippen LogP contribution in [0.3, 0.4) is 0 Å². The highest BCUT2D eigenvalue weighted by Crippen LogP contribution is 2.35. The molecule has 1 saturated heterocycles. The molecule has 0 spiro atoms. The van der Waals surface area contributed by atoms with E-state index >= 15 is 0 Å². The van der Waals surface area contributed by atoms with E-state index in [9.17, 15) is 0 Å². The highest BCUT2D eigenvalue weighted by molar-refractivity contribution is 5.10. The molecule has 0 saturated carbocycles. The number of hydrogen-bond donors (Lipinski definition) is 1. The lowest BCUT2D eigenvalue weighted by Crippen LogP contribution is -2.29. The number of rotatable bonds is 7. The van der Waals surface area contributed by atoms with Gasteiger partial charge in [-0.2, -0.15) is 4.98 Å². The molecule has 1 fully saturated rings. The van der Waals surface area contributed by atoms with E-state index in [0.717, 1.165) is 44.7 Å². The van der Waals surface area contributed by atoms with Gasteiger partial charge in [0, 0.05) is 13.2 Å². The van der Waals surface area contributed by atoms with Gasteiger partial charge in [-0.15, -0.1) is 0 Å². The lowest BCUT2D eigenvalue weighted by Gasteiger charge is -2.22. The van der Waals surface area contributed by atoms with E-state index in [0.29, 0.717) is 12.4 Å². The molecule has 5 nitrogen and oxygen atoms in total. The predicted octanol–water partition coefficient (Wildman–Crippen LogP) is 2.59. The summed E-state index contributed by atoms with van der Waals surface area (Å²) < 4.78 is 11.2. The Morgan fingerprint density at radius 3 is 2.84 bits per heavy atom. The molecule has 0 bridgehead atoms. The first kappa shape index (κ1) is 14.5. The van der Waals surface area contributed by atoms with Gasteiger partial charge in [-0.25, -0.2) is 0 Å². The van der Waals surface area contributed by atoms with Crippen molar-refractivity contribution < 1.29 is 9.26 Å². The molecule has 2 unspecified atom stereocenters. The summed E-state index contributed by atoms with van der Waals surface area (Å²) in [6, 6.07) is 0. The van der Waals surface area contributed by atoms with Gasteiger partial charge >= 0.3 is 0 Å². The van der Waals surface area contributed by atoms with Crippen molar-refractivity contribution in [3.8, 4) is 0 Å². The fourth-order valence-corrected chi connectivity index (χ4v) is 2.88. The number of ether oxygens (including phenoxy) is 1. The fourth-order valence-electron chi connectivity index (χ4n) is 2.88. The highest BCUT2D eigenvalue weighted by Gasteiger charge is 2.40. The summed E-state index contributed by atoms with van der Waals surface area (Å²) in [6.07, 6.45) is 4.12. The van der Waals surface area contributed by atoms with Crippen molar-refractivity contribution in [2.24, 2.45) is 0 Å². The Labute approximate surface area is 115 Å². The van der Waals surface area contributed by atoms with Gasteiger partial charge in [-0.3, -0.25) is 0 Å². The van der Waals surface area contributed by atoms with Crippen LogP contribution in [0.5, 0.6) is 0 Å². The summed E-state index contributed by atoms with van der Waals surface area (Å²) in [7, 11) is 0. The van der Waals surface area contributed by atoms with Crippen molar-refractivity contribution in [1.29, 1.82) is 0 Å². The molecule has 2 atom stereocenters. The first-order valence-corrected chi connectivity index (χ1v) is 7.42. The Kier molecular flexibility index (Phi) is 4.93. The van der Waals surface area contributed by atoms with Gasteiger partial charge in [0.05, 0.1) is 5.41 Å². The molecular formula is C14H25N3O2. The topological polar surface area (TPSA) is 60.2 Å². The molecule has 1 N–H and O–H groups in total. The van der Waals surface area contributed by atoms with E-state index in [1.54, 1.807) is 0 Å². The van der Waals surface area contributed by atoms with Crippen LogP contribution in [0.15, 0.2) is 4.52 Å². The maximum Gasteiger partial charge on any atom is 0.234 e. The van der Waals surface area contributed by atoms with Crippen molar-refractivity contribution >= 4 is 0 Å². The van der Waals surface area contributed by atoms with Crippen LogP contribution in [0.2, 0.25) is 0 Å². The van der Waals surface area contributed by atoms with E-state index in [2.05, 4.69) is 29.3 Å². The van der Waals surface area contributed by atoms with E-state index in [1.807, 2.05) is 6.92 Å². The van der Waals surface area contributed by atoms with Crippen LogP contribution in [0.4, 0.5) is 0 Å². The Morgan fingerprint density at radius 2 is 2.26 bits per heavy atom. The lowest BCUT2D eigenvalue weighted by atomic mass is 9.82. The lowest BCUT2D eigenvalue weighted by molar-refractivity contribution is 0.0518. The number of nitrogens with zero attached hydrogens (tertiary/aromatic N) is 2.